The molecule has 1 aliphatic rings. The Hall–Kier alpha value is -1.06. The molecule has 0 saturated heterocycles. The first kappa shape index (κ1) is 11.4. The van der Waals surface area contributed by atoms with Gasteiger partial charge < -0.3 is 15.6 Å². The SMILES string of the molecule is COc1ccc(C2(CN)CCC(O)C2)cc1. The van der Waals surface area contributed by atoms with Crippen molar-refractivity contribution in [3.63, 3.8) is 0 Å². The second-order valence-electron chi connectivity index (χ2n) is 4.61. The molecule has 3 heteroatoms. The maximum Gasteiger partial charge on any atom is 0.118 e. The van der Waals surface area contributed by atoms with Crippen molar-refractivity contribution >= 4 is 0 Å². The summed E-state index contributed by atoms with van der Waals surface area (Å²) in [7, 11) is 1.66. The lowest BCUT2D eigenvalue weighted by Gasteiger charge is -2.28. The molecule has 16 heavy (non-hydrogen) atoms. The maximum atomic E-state index is 9.68. The molecule has 0 spiro atoms. The highest BCUT2D eigenvalue weighted by Crippen LogP contribution is 2.40. The number of nitrogens with two attached hydrogens (primary N) is 1. The molecule has 88 valence electrons. The van der Waals surface area contributed by atoms with E-state index in [9.17, 15) is 5.11 Å². The molecule has 0 heterocycles. The van der Waals surface area contributed by atoms with Crippen LogP contribution in [0.2, 0.25) is 0 Å². The largest absolute Gasteiger partial charge is 0.497 e. The molecule has 1 saturated carbocycles. The molecule has 1 aromatic rings. The van der Waals surface area contributed by atoms with E-state index in [1.54, 1.807) is 7.11 Å². The molecule has 0 radical (unpaired) electrons. The summed E-state index contributed by atoms with van der Waals surface area (Å²) in [4.78, 5) is 0. The van der Waals surface area contributed by atoms with Gasteiger partial charge in [0.15, 0.2) is 0 Å². The minimum Gasteiger partial charge on any atom is -0.497 e. The van der Waals surface area contributed by atoms with Crippen LogP contribution in [0.5, 0.6) is 5.75 Å². The van der Waals surface area contributed by atoms with Crippen molar-refractivity contribution in [1.29, 1.82) is 0 Å². The van der Waals surface area contributed by atoms with Crippen LogP contribution >= 0.6 is 0 Å². The van der Waals surface area contributed by atoms with E-state index >= 15 is 0 Å². The number of aliphatic hydroxyl groups is 1. The molecule has 1 fully saturated rings. The second-order valence-corrected chi connectivity index (χ2v) is 4.61. The minimum atomic E-state index is -0.203. The van der Waals surface area contributed by atoms with E-state index in [4.69, 9.17) is 10.5 Å². The number of hydrogen-bond donors (Lipinski definition) is 2. The van der Waals surface area contributed by atoms with Crippen LogP contribution in [0.1, 0.15) is 24.8 Å². The Morgan fingerprint density at radius 2 is 2.12 bits per heavy atom. The summed E-state index contributed by atoms with van der Waals surface area (Å²) in [5.41, 5.74) is 7.07. The van der Waals surface area contributed by atoms with Crippen molar-refractivity contribution in [2.75, 3.05) is 13.7 Å². The summed E-state index contributed by atoms with van der Waals surface area (Å²) in [6.45, 7) is 0.594. The monoisotopic (exact) mass is 221 g/mol. The van der Waals surface area contributed by atoms with Crippen molar-refractivity contribution in [2.24, 2.45) is 5.73 Å². The van der Waals surface area contributed by atoms with Gasteiger partial charge in [-0.1, -0.05) is 12.1 Å². The molecule has 1 aliphatic carbocycles. The van der Waals surface area contributed by atoms with Gasteiger partial charge in [0.2, 0.25) is 0 Å². The van der Waals surface area contributed by atoms with Gasteiger partial charge >= 0.3 is 0 Å². The third-order valence-corrected chi connectivity index (χ3v) is 3.68. The predicted octanol–water partition coefficient (Wildman–Crippen LogP) is 1.44. The Bertz CT molecular complexity index is 349. The van der Waals surface area contributed by atoms with E-state index in [1.807, 2.05) is 12.1 Å². The minimum absolute atomic E-state index is 0.0360. The summed E-state index contributed by atoms with van der Waals surface area (Å²) >= 11 is 0. The smallest absolute Gasteiger partial charge is 0.118 e. The summed E-state index contributed by atoms with van der Waals surface area (Å²) < 4.78 is 5.14. The molecule has 2 rings (SSSR count). The van der Waals surface area contributed by atoms with E-state index in [2.05, 4.69) is 12.1 Å². The van der Waals surface area contributed by atoms with Gasteiger partial charge in [0, 0.05) is 12.0 Å². The van der Waals surface area contributed by atoms with Crippen LogP contribution in [0.15, 0.2) is 24.3 Å². The number of methoxy groups -OCH3 is 1. The Kier molecular flexibility index (Phi) is 3.17. The van der Waals surface area contributed by atoms with Crippen LogP contribution in [0.25, 0.3) is 0 Å². The fourth-order valence-corrected chi connectivity index (χ4v) is 2.61. The molecule has 1 aromatic carbocycles. The van der Waals surface area contributed by atoms with Crippen LogP contribution in [-0.2, 0) is 5.41 Å². The van der Waals surface area contributed by atoms with Crippen LogP contribution in [-0.4, -0.2) is 24.9 Å². The highest BCUT2D eigenvalue weighted by atomic mass is 16.5. The summed E-state index contributed by atoms with van der Waals surface area (Å²) in [6.07, 6.45) is 2.39. The lowest BCUT2D eigenvalue weighted by molar-refractivity contribution is 0.174. The first-order valence-corrected chi connectivity index (χ1v) is 5.73. The highest BCUT2D eigenvalue weighted by molar-refractivity contribution is 5.33. The van der Waals surface area contributed by atoms with E-state index in [0.717, 1.165) is 25.0 Å². The standard InChI is InChI=1S/C13H19NO2/c1-16-12-4-2-10(3-5-12)13(9-14)7-6-11(15)8-13/h2-5,11,15H,6-9,14H2,1H3. The van der Waals surface area contributed by atoms with Crippen LogP contribution in [0.3, 0.4) is 0 Å². The molecule has 3 nitrogen and oxygen atoms in total. The molecule has 0 amide bonds. The third-order valence-electron chi connectivity index (χ3n) is 3.68. The topological polar surface area (TPSA) is 55.5 Å². The zero-order valence-electron chi connectivity index (χ0n) is 9.65. The first-order chi connectivity index (χ1) is 7.70. The van der Waals surface area contributed by atoms with Gasteiger partial charge in [-0.2, -0.15) is 0 Å². The van der Waals surface area contributed by atoms with Crippen molar-refractivity contribution in [3.8, 4) is 5.75 Å². The molecule has 2 atom stereocenters. The zero-order chi connectivity index (χ0) is 11.6. The number of aliphatic hydroxyl groups excluding tert-OH is 1. The van der Waals surface area contributed by atoms with Crippen molar-refractivity contribution in [2.45, 2.75) is 30.8 Å². The molecular formula is C13H19NO2. The normalized spacial score (nSPS) is 29.3. The molecular weight excluding hydrogens is 202 g/mol. The fourth-order valence-electron chi connectivity index (χ4n) is 2.61. The number of rotatable bonds is 3. The third kappa shape index (κ3) is 1.93. The van der Waals surface area contributed by atoms with Crippen molar-refractivity contribution in [3.05, 3.63) is 29.8 Å². The lowest BCUT2D eigenvalue weighted by atomic mass is 9.79. The maximum absolute atomic E-state index is 9.68. The van der Waals surface area contributed by atoms with Crippen LogP contribution in [0.4, 0.5) is 0 Å². The quantitative estimate of drug-likeness (QED) is 0.812. The van der Waals surface area contributed by atoms with Gasteiger partial charge in [-0.05, 0) is 37.0 Å². The Labute approximate surface area is 96.2 Å². The zero-order valence-corrected chi connectivity index (χ0v) is 9.65. The van der Waals surface area contributed by atoms with Crippen LogP contribution in [0, 0.1) is 0 Å². The first-order valence-electron chi connectivity index (χ1n) is 5.73. The van der Waals surface area contributed by atoms with Crippen molar-refractivity contribution in [1.82, 2.24) is 0 Å². The lowest BCUT2D eigenvalue weighted by Crippen LogP contribution is -2.32. The van der Waals surface area contributed by atoms with Gasteiger partial charge in [-0.3, -0.25) is 0 Å². The van der Waals surface area contributed by atoms with Gasteiger partial charge in [-0.15, -0.1) is 0 Å². The molecule has 3 N–H and O–H groups in total. The molecule has 2 unspecified atom stereocenters. The van der Waals surface area contributed by atoms with E-state index < -0.39 is 0 Å². The summed E-state index contributed by atoms with van der Waals surface area (Å²) in [6, 6.07) is 8.03. The average Bonchev–Trinajstić information content (AvgIpc) is 2.72. The van der Waals surface area contributed by atoms with Gasteiger partial charge in [0.1, 0.15) is 5.75 Å². The Morgan fingerprint density at radius 3 is 2.56 bits per heavy atom. The Morgan fingerprint density at radius 1 is 1.44 bits per heavy atom. The van der Waals surface area contributed by atoms with E-state index in [1.165, 1.54) is 5.56 Å². The predicted molar refractivity (Wildman–Crippen MR) is 63.6 cm³/mol. The Balaban J connectivity index is 2.26. The van der Waals surface area contributed by atoms with Gasteiger partial charge in [0.25, 0.3) is 0 Å². The summed E-state index contributed by atoms with van der Waals surface area (Å²) in [5.74, 6) is 0.856. The van der Waals surface area contributed by atoms with E-state index in [-0.39, 0.29) is 11.5 Å². The van der Waals surface area contributed by atoms with Gasteiger partial charge in [-0.25, -0.2) is 0 Å². The fraction of sp³-hybridized carbons (Fsp3) is 0.538. The van der Waals surface area contributed by atoms with Crippen molar-refractivity contribution < 1.29 is 9.84 Å². The van der Waals surface area contributed by atoms with E-state index in [0.29, 0.717) is 6.54 Å². The summed E-state index contributed by atoms with van der Waals surface area (Å²) in [5, 5.41) is 9.68. The molecule has 0 bridgehead atoms. The average molecular weight is 221 g/mol. The highest BCUT2D eigenvalue weighted by Gasteiger charge is 2.38. The molecule has 0 aromatic heterocycles. The van der Waals surface area contributed by atoms with Gasteiger partial charge in [0.05, 0.1) is 13.2 Å². The number of benzene rings is 1. The number of ether oxygens (including phenoxy) is 1. The molecule has 0 aliphatic heterocycles. The second kappa shape index (κ2) is 4.44. The van der Waals surface area contributed by atoms with Crippen LogP contribution < -0.4 is 10.5 Å². The number of hydrogen-bond acceptors (Lipinski definition) is 3.